The van der Waals surface area contributed by atoms with Gasteiger partial charge in [-0.25, -0.2) is 4.98 Å². The van der Waals surface area contributed by atoms with Gasteiger partial charge in [0, 0.05) is 37.4 Å². The first kappa shape index (κ1) is 21.2. The van der Waals surface area contributed by atoms with Gasteiger partial charge in [0.2, 0.25) is 0 Å². The van der Waals surface area contributed by atoms with Gasteiger partial charge in [0.05, 0.1) is 12.2 Å². The Morgan fingerprint density at radius 1 is 1.32 bits per heavy atom. The Balaban J connectivity index is 0.00000147. The van der Waals surface area contributed by atoms with Gasteiger partial charge in [-0.05, 0) is 12.1 Å². The summed E-state index contributed by atoms with van der Waals surface area (Å²) in [6.45, 7) is 3.51. The Labute approximate surface area is 152 Å². The molecule has 1 saturated heterocycles. The Morgan fingerprint density at radius 3 is 2.86 bits per heavy atom. The molecule has 0 aliphatic carbocycles. The number of pyridine rings is 1. The predicted molar refractivity (Wildman–Crippen MR) is 97.6 cm³/mol. The Hall–Kier alpha value is -0.790. The summed E-state index contributed by atoms with van der Waals surface area (Å²) in [6.07, 6.45) is 5.34. The molecule has 1 N–H and O–H groups in total. The maximum Gasteiger partial charge on any atom is 0.185 e. The molecule has 9 heteroatoms. The van der Waals surface area contributed by atoms with Gasteiger partial charge in [-0.1, -0.05) is 0 Å². The van der Waals surface area contributed by atoms with Gasteiger partial charge in [0.15, 0.2) is 5.13 Å². The van der Waals surface area contributed by atoms with Gasteiger partial charge in [-0.2, -0.15) is 0 Å². The normalized spacial score (nSPS) is 16.7. The van der Waals surface area contributed by atoms with Gasteiger partial charge in [-0.15, -0.1) is 48.6 Å². The van der Waals surface area contributed by atoms with E-state index in [0.29, 0.717) is 12.6 Å². The summed E-state index contributed by atoms with van der Waals surface area (Å²) in [4.78, 5) is 10.8. The molecule has 124 valence electrons. The van der Waals surface area contributed by atoms with Crippen LogP contribution in [0.25, 0.3) is 0 Å². The lowest BCUT2D eigenvalue weighted by atomic mass is 10.2. The van der Waals surface area contributed by atoms with Crippen LogP contribution < -0.4 is 15.0 Å². The third-order valence-electron chi connectivity index (χ3n) is 3.09. The zero-order valence-corrected chi connectivity index (χ0v) is 15.0. The molecule has 0 radical (unpaired) electrons. The number of hydrogen-bond donors (Lipinski definition) is 1. The molecule has 3 heterocycles. The van der Waals surface area contributed by atoms with E-state index >= 15 is 0 Å². The molecule has 1 aliphatic rings. The van der Waals surface area contributed by atoms with Gasteiger partial charge >= 0.3 is 0 Å². The van der Waals surface area contributed by atoms with Crippen LogP contribution >= 0.6 is 48.6 Å². The first-order chi connectivity index (χ1) is 9.43. The monoisotopic (exact) mass is 384 g/mol. The standard InChI is InChI=1S/C13H16N4OS.3ClH/c1-2-12(9-14-3-1)18-10-11-8-15-4-6-17(11)13-16-5-7-19-13;;;/h1-3,5,7,9,11,15H,4,6,8,10H2;3*1H. The van der Waals surface area contributed by atoms with Gasteiger partial charge in [0.25, 0.3) is 0 Å². The molecule has 5 nitrogen and oxygen atoms in total. The van der Waals surface area contributed by atoms with E-state index in [1.54, 1.807) is 23.7 Å². The number of halogens is 3. The second-order valence-corrected chi connectivity index (χ2v) is 5.24. The summed E-state index contributed by atoms with van der Waals surface area (Å²) in [5, 5.41) is 6.48. The van der Waals surface area contributed by atoms with Crippen LogP contribution in [0.3, 0.4) is 0 Å². The molecule has 0 bridgehead atoms. The van der Waals surface area contributed by atoms with E-state index < -0.39 is 0 Å². The maximum absolute atomic E-state index is 5.81. The van der Waals surface area contributed by atoms with E-state index in [1.807, 2.05) is 23.7 Å². The van der Waals surface area contributed by atoms with Crippen molar-refractivity contribution in [2.24, 2.45) is 0 Å². The largest absolute Gasteiger partial charge is 0.490 e. The van der Waals surface area contributed by atoms with Crippen LogP contribution in [-0.4, -0.2) is 42.3 Å². The number of anilines is 1. The van der Waals surface area contributed by atoms with Crippen LogP contribution in [0.4, 0.5) is 5.13 Å². The van der Waals surface area contributed by atoms with Gasteiger partial charge < -0.3 is 15.0 Å². The van der Waals surface area contributed by atoms with Crippen molar-refractivity contribution in [3.05, 3.63) is 36.1 Å². The van der Waals surface area contributed by atoms with Crippen LogP contribution in [0.5, 0.6) is 5.75 Å². The third kappa shape index (κ3) is 5.44. The van der Waals surface area contributed by atoms with Crippen molar-refractivity contribution in [3.8, 4) is 5.75 Å². The molecule has 22 heavy (non-hydrogen) atoms. The Bertz CT molecular complexity index is 503. The fourth-order valence-electron chi connectivity index (χ4n) is 2.14. The Morgan fingerprint density at radius 2 is 2.18 bits per heavy atom. The van der Waals surface area contributed by atoms with Crippen molar-refractivity contribution >= 4 is 53.7 Å². The molecule has 3 rings (SSSR count). The van der Waals surface area contributed by atoms with E-state index in [1.165, 1.54) is 0 Å². The van der Waals surface area contributed by atoms with Crippen molar-refractivity contribution in [2.45, 2.75) is 6.04 Å². The van der Waals surface area contributed by atoms with Crippen LogP contribution in [0, 0.1) is 0 Å². The average Bonchev–Trinajstić information content (AvgIpc) is 3.01. The van der Waals surface area contributed by atoms with Crippen LogP contribution in [0.1, 0.15) is 0 Å². The zero-order valence-electron chi connectivity index (χ0n) is 11.8. The third-order valence-corrected chi connectivity index (χ3v) is 3.90. The average molecular weight is 386 g/mol. The number of thiazole rings is 1. The highest BCUT2D eigenvalue weighted by molar-refractivity contribution is 7.13. The van der Waals surface area contributed by atoms with E-state index in [4.69, 9.17) is 4.74 Å². The molecule has 0 amide bonds. The highest BCUT2D eigenvalue weighted by Crippen LogP contribution is 2.21. The van der Waals surface area contributed by atoms with Crippen LogP contribution in [-0.2, 0) is 0 Å². The van der Waals surface area contributed by atoms with Crippen molar-refractivity contribution in [1.29, 1.82) is 0 Å². The van der Waals surface area contributed by atoms with E-state index in [0.717, 1.165) is 30.5 Å². The fourth-order valence-corrected chi connectivity index (χ4v) is 2.89. The van der Waals surface area contributed by atoms with Gasteiger partial charge in [-0.3, -0.25) is 4.98 Å². The van der Waals surface area contributed by atoms with Crippen molar-refractivity contribution in [2.75, 3.05) is 31.1 Å². The highest BCUT2D eigenvalue weighted by atomic mass is 35.5. The van der Waals surface area contributed by atoms with Crippen molar-refractivity contribution in [3.63, 3.8) is 0 Å². The molecular formula is C13H19Cl3N4OS. The van der Waals surface area contributed by atoms with Crippen molar-refractivity contribution < 1.29 is 4.74 Å². The molecule has 1 fully saturated rings. The molecular weight excluding hydrogens is 367 g/mol. The minimum atomic E-state index is 0. The summed E-state index contributed by atoms with van der Waals surface area (Å²) < 4.78 is 5.81. The smallest absolute Gasteiger partial charge is 0.185 e. The van der Waals surface area contributed by atoms with Gasteiger partial charge in [0.1, 0.15) is 12.4 Å². The van der Waals surface area contributed by atoms with E-state index in [-0.39, 0.29) is 37.2 Å². The SMILES string of the molecule is Cl.Cl.Cl.c1cncc(OCC2CNCCN2c2nccs2)c1. The number of nitrogens with zero attached hydrogens (tertiary/aromatic N) is 3. The van der Waals surface area contributed by atoms with E-state index in [2.05, 4.69) is 20.2 Å². The lowest BCUT2D eigenvalue weighted by molar-refractivity contribution is 0.266. The lowest BCUT2D eigenvalue weighted by Crippen LogP contribution is -2.54. The first-order valence-corrected chi connectivity index (χ1v) is 7.21. The molecule has 1 aliphatic heterocycles. The number of ether oxygens (including phenoxy) is 1. The number of hydrogen-bond acceptors (Lipinski definition) is 6. The summed E-state index contributed by atoms with van der Waals surface area (Å²) in [7, 11) is 0. The summed E-state index contributed by atoms with van der Waals surface area (Å²) in [6, 6.07) is 4.12. The van der Waals surface area contributed by atoms with Crippen molar-refractivity contribution in [1.82, 2.24) is 15.3 Å². The minimum Gasteiger partial charge on any atom is -0.490 e. The van der Waals surface area contributed by atoms with E-state index in [9.17, 15) is 0 Å². The number of rotatable bonds is 4. The summed E-state index contributed by atoms with van der Waals surface area (Å²) in [5.74, 6) is 0.812. The minimum absolute atomic E-state index is 0. The topological polar surface area (TPSA) is 50.3 Å². The van der Waals surface area contributed by atoms with Crippen LogP contribution in [0.2, 0.25) is 0 Å². The first-order valence-electron chi connectivity index (χ1n) is 6.33. The lowest BCUT2D eigenvalue weighted by Gasteiger charge is -2.35. The second-order valence-electron chi connectivity index (χ2n) is 4.37. The molecule has 0 spiro atoms. The molecule has 2 aromatic rings. The fraction of sp³-hybridized carbons (Fsp3) is 0.385. The second kappa shape index (κ2) is 10.9. The number of nitrogens with one attached hydrogen (secondary N) is 1. The Kier molecular flexibility index (Phi) is 10.5. The molecule has 1 atom stereocenters. The zero-order chi connectivity index (χ0) is 12.9. The van der Waals surface area contributed by atoms with Crippen LogP contribution in [0.15, 0.2) is 36.1 Å². The highest BCUT2D eigenvalue weighted by Gasteiger charge is 2.24. The summed E-state index contributed by atoms with van der Waals surface area (Å²) in [5.41, 5.74) is 0. The molecule has 0 aromatic carbocycles. The maximum atomic E-state index is 5.81. The molecule has 1 unspecified atom stereocenters. The molecule has 2 aromatic heterocycles. The number of aromatic nitrogens is 2. The predicted octanol–water partition coefficient (Wildman–Crippen LogP) is 2.66. The molecule has 0 saturated carbocycles. The number of piperazine rings is 1. The summed E-state index contributed by atoms with van der Waals surface area (Å²) >= 11 is 1.67. The quantitative estimate of drug-likeness (QED) is 0.877.